The average molecular weight is 181 g/mol. The smallest absolute Gasteiger partial charge is 0.212 e. The van der Waals surface area contributed by atoms with E-state index in [0.29, 0.717) is 5.92 Å². The van der Waals surface area contributed by atoms with Gasteiger partial charge in [-0.25, -0.2) is 9.50 Å². The summed E-state index contributed by atoms with van der Waals surface area (Å²) in [7, 11) is 0. The molecule has 0 saturated carbocycles. The minimum Gasteiger partial charge on any atom is -0.223 e. The number of fused-ring (bicyclic) bond motifs is 1. The van der Waals surface area contributed by atoms with Gasteiger partial charge in [-0.3, -0.25) is 0 Å². The number of aromatic nitrogens is 3. The van der Waals surface area contributed by atoms with Crippen molar-refractivity contribution in [1.29, 1.82) is 0 Å². The van der Waals surface area contributed by atoms with Crippen molar-refractivity contribution in [3.05, 3.63) is 16.9 Å². The molecule has 3 nitrogen and oxygen atoms in total. The fourth-order valence-corrected chi connectivity index (χ4v) is 2.14. The molecule has 0 aliphatic carbocycles. The molecule has 0 fully saturated rings. The minimum absolute atomic E-state index is 0.488. The van der Waals surface area contributed by atoms with Gasteiger partial charge >= 0.3 is 0 Å². The van der Waals surface area contributed by atoms with E-state index in [4.69, 9.17) is 0 Å². The number of imidazole rings is 1. The van der Waals surface area contributed by atoms with Crippen LogP contribution in [0.4, 0.5) is 0 Å². The van der Waals surface area contributed by atoms with Gasteiger partial charge in [0.1, 0.15) is 5.51 Å². The molecule has 4 heteroatoms. The highest BCUT2D eigenvalue weighted by Crippen LogP contribution is 2.21. The highest BCUT2D eigenvalue weighted by molar-refractivity contribution is 7.14. The van der Waals surface area contributed by atoms with Crippen molar-refractivity contribution in [3.8, 4) is 0 Å². The predicted molar refractivity (Wildman–Crippen MR) is 49.7 cm³/mol. The van der Waals surface area contributed by atoms with E-state index in [1.807, 2.05) is 16.9 Å². The summed E-state index contributed by atoms with van der Waals surface area (Å²) in [5.74, 6) is 0.488. The Morgan fingerprint density at radius 1 is 1.50 bits per heavy atom. The van der Waals surface area contributed by atoms with E-state index in [9.17, 15) is 0 Å². The summed E-state index contributed by atoms with van der Waals surface area (Å²) in [6, 6.07) is 0. The van der Waals surface area contributed by atoms with Crippen molar-refractivity contribution in [1.82, 2.24) is 14.6 Å². The predicted octanol–water partition coefficient (Wildman–Crippen LogP) is 2.22. The Morgan fingerprint density at radius 2 is 2.25 bits per heavy atom. The first-order chi connectivity index (χ1) is 5.70. The van der Waals surface area contributed by atoms with E-state index in [1.54, 1.807) is 11.3 Å². The van der Waals surface area contributed by atoms with Crippen LogP contribution in [0.3, 0.4) is 0 Å². The Balaban J connectivity index is 2.76. The van der Waals surface area contributed by atoms with Crippen LogP contribution in [-0.4, -0.2) is 14.6 Å². The second-order valence-electron chi connectivity index (χ2n) is 3.17. The summed E-state index contributed by atoms with van der Waals surface area (Å²) in [6.45, 7) is 6.36. The number of hydrogen-bond acceptors (Lipinski definition) is 3. The van der Waals surface area contributed by atoms with Crippen LogP contribution in [0.25, 0.3) is 4.96 Å². The van der Waals surface area contributed by atoms with Gasteiger partial charge in [-0.15, -0.1) is 0 Å². The molecule has 0 amide bonds. The quantitative estimate of drug-likeness (QED) is 0.675. The third-order valence-electron chi connectivity index (χ3n) is 1.91. The van der Waals surface area contributed by atoms with Crippen LogP contribution in [0.2, 0.25) is 0 Å². The number of hydrogen-bond donors (Lipinski definition) is 0. The van der Waals surface area contributed by atoms with E-state index < -0.39 is 0 Å². The molecule has 0 aliphatic rings. The summed E-state index contributed by atoms with van der Waals surface area (Å²) in [4.78, 5) is 5.41. The van der Waals surface area contributed by atoms with Gasteiger partial charge in [0.15, 0.2) is 0 Å². The van der Waals surface area contributed by atoms with Crippen molar-refractivity contribution in [2.24, 2.45) is 0 Å². The lowest BCUT2D eigenvalue weighted by Gasteiger charge is -2.02. The van der Waals surface area contributed by atoms with Gasteiger partial charge in [0.05, 0.1) is 11.4 Å². The van der Waals surface area contributed by atoms with Gasteiger partial charge in [0.25, 0.3) is 0 Å². The maximum Gasteiger partial charge on any atom is 0.212 e. The Labute approximate surface area is 75.1 Å². The van der Waals surface area contributed by atoms with E-state index in [0.717, 1.165) is 10.7 Å². The number of aryl methyl sites for hydroxylation is 1. The summed E-state index contributed by atoms with van der Waals surface area (Å²) < 4.78 is 1.94. The second kappa shape index (κ2) is 2.55. The lowest BCUT2D eigenvalue weighted by atomic mass is 10.1. The van der Waals surface area contributed by atoms with E-state index >= 15 is 0 Å². The van der Waals surface area contributed by atoms with Crippen molar-refractivity contribution >= 4 is 16.3 Å². The number of nitrogens with zero attached hydrogens (tertiary/aromatic N) is 3. The van der Waals surface area contributed by atoms with Gasteiger partial charge < -0.3 is 0 Å². The molecule has 12 heavy (non-hydrogen) atoms. The molecule has 0 saturated heterocycles. The fourth-order valence-electron chi connectivity index (χ4n) is 1.47. The monoisotopic (exact) mass is 181 g/mol. The molecule has 0 aliphatic heterocycles. The van der Waals surface area contributed by atoms with Crippen LogP contribution in [0.1, 0.15) is 31.2 Å². The second-order valence-corrected chi connectivity index (χ2v) is 3.98. The number of rotatable bonds is 1. The lowest BCUT2D eigenvalue weighted by molar-refractivity contribution is 0.759. The molecule has 2 heterocycles. The molecule has 0 N–H and O–H groups in total. The van der Waals surface area contributed by atoms with Gasteiger partial charge in [0, 0.05) is 0 Å². The Hall–Kier alpha value is -0.900. The Bertz CT molecular complexity index is 399. The maximum atomic E-state index is 4.41. The Kier molecular flexibility index (Phi) is 1.65. The summed E-state index contributed by atoms with van der Waals surface area (Å²) in [5.41, 5.74) is 4.16. The molecule has 64 valence electrons. The normalized spacial score (nSPS) is 11.7. The van der Waals surface area contributed by atoms with Crippen LogP contribution in [0.15, 0.2) is 5.51 Å². The van der Waals surface area contributed by atoms with Crippen LogP contribution in [0, 0.1) is 6.92 Å². The van der Waals surface area contributed by atoms with E-state index in [1.165, 1.54) is 5.69 Å². The molecule has 0 atom stereocenters. The Morgan fingerprint density at radius 3 is 2.92 bits per heavy atom. The zero-order valence-electron chi connectivity index (χ0n) is 7.40. The topological polar surface area (TPSA) is 30.2 Å². The molecule has 0 bridgehead atoms. The SMILES string of the molecule is Cc1nc2scnn2c1C(C)C. The fraction of sp³-hybridized carbons (Fsp3) is 0.500. The van der Waals surface area contributed by atoms with Crippen molar-refractivity contribution < 1.29 is 0 Å². The van der Waals surface area contributed by atoms with Crippen molar-refractivity contribution in [3.63, 3.8) is 0 Å². The van der Waals surface area contributed by atoms with Gasteiger partial charge in [-0.05, 0) is 12.8 Å². The molecule has 0 aromatic carbocycles. The van der Waals surface area contributed by atoms with Gasteiger partial charge in [-0.1, -0.05) is 25.2 Å². The molecule has 0 spiro atoms. The van der Waals surface area contributed by atoms with Crippen LogP contribution < -0.4 is 0 Å². The average Bonchev–Trinajstić information content (AvgIpc) is 2.44. The van der Waals surface area contributed by atoms with Crippen LogP contribution in [0.5, 0.6) is 0 Å². The van der Waals surface area contributed by atoms with Crippen molar-refractivity contribution in [2.75, 3.05) is 0 Å². The molecule has 2 aromatic rings. The largest absolute Gasteiger partial charge is 0.223 e. The first kappa shape index (κ1) is 7.73. The zero-order chi connectivity index (χ0) is 8.72. The summed E-state index contributed by atoms with van der Waals surface area (Å²) in [5, 5.41) is 4.23. The summed E-state index contributed by atoms with van der Waals surface area (Å²) >= 11 is 1.58. The zero-order valence-corrected chi connectivity index (χ0v) is 8.22. The molecule has 0 unspecified atom stereocenters. The molecule has 0 radical (unpaired) electrons. The molecule has 2 aromatic heterocycles. The molecule has 2 rings (SSSR count). The van der Waals surface area contributed by atoms with Crippen LogP contribution in [-0.2, 0) is 0 Å². The lowest BCUT2D eigenvalue weighted by Crippen LogP contribution is -1.96. The third kappa shape index (κ3) is 0.948. The van der Waals surface area contributed by atoms with E-state index in [2.05, 4.69) is 23.9 Å². The summed E-state index contributed by atoms with van der Waals surface area (Å²) in [6.07, 6.45) is 0. The third-order valence-corrected chi connectivity index (χ3v) is 2.59. The standard InChI is InChI=1S/C8H11N3S/c1-5(2)7-6(3)10-8-11(7)9-4-12-8/h4-5H,1-3H3. The maximum absolute atomic E-state index is 4.41. The van der Waals surface area contributed by atoms with E-state index in [-0.39, 0.29) is 0 Å². The van der Waals surface area contributed by atoms with Gasteiger partial charge in [-0.2, -0.15) is 5.10 Å². The van der Waals surface area contributed by atoms with Gasteiger partial charge in [0.2, 0.25) is 4.96 Å². The first-order valence-corrected chi connectivity index (χ1v) is 4.87. The highest BCUT2D eigenvalue weighted by atomic mass is 32.1. The van der Waals surface area contributed by atoms with Crippen molar-refractivity contribution in [2.45, 2.75) is 26.7 Å². The van der Waals surface area contributed by atoms with Crippen LogP contribution >= 0.6 is 11.3 Å². The molecular weight excluding hydrogens is 170 g/mol. The first-order valence-electron chi connectivity index (χ1n) is 3.99. The minimum atomic E-state index is 0.488. The molecular formula is C8H11N3S. The highest BCUT2D eigenvalue weighted by Gasteiger charge is 2.13.